The van der Waals surface area contributed by atoms with E-state index in [0.717, 1.165) is 12.8 Å². The molecule has 2 rings (SSSR count). The maximum atomic E-state index is 12.1. The summed E-state index contributed by atoms with van der Waals surface area (Å²) in [6, 6.07) is 2.09. The van der Waals surface area contributed by atoms with Gasteiger partial charge < -0.3 is 4.74 Å². The monoisotopic (exact) mass is 299 g/mol. The Balaban J connectivity index is 1.83. The molecule has 0 amide bonds. The van der Waals surface area contributed by atoms with Crippen molar-refractivity contribution in [3.63, 3.8) is 0 Å². The second-order valence-electron chi connectivity index (χ2n) is 4.92. The molecule has 0 atom stereocenters. The van der Waals surface area contributed by atoms with Crippen molar-refractivity contribution in [2.75, 3.05) is 18.8 Å². The van der Waals surface area contributed by atoms with E-state index in [-0.39, 0.29) is 11.9 Å². The molecule has 1 aliphatic heterocycles. The summed E-state index contributed by atoms with van der Waals surface area (Å²) in [5, 5.41) is 0. The first kappa shape index (κ1) is 15.2. The van der Waals surface area contributed by atoms with Gasteiger partial charge in [0.15, 0.2) is 0 Å². The molecule has 1 fully saturated rings. The van der Waals surface area contributed by atoms with Crippen LogP contribution in [0.5, 0.6) is 6.01 Å². The summed E-state index contributed by atoms with van der Waals surface area (Å²) >= 11 is 0. The summed E-state index contributed by atoms with van der Waals surface area (Å²) in [6.45, 7) is 3.03. The van der Waals surface area contributed by atoms with E-state index in [0.29, 0.717) is 31.9 Å². The topological polar surface area (TPSA) is 72.4 Å². The van der Waals surface area contributed by atoms with Crippen molar-refractivity contribution in [1.29, 1.82) is 0 Å². The van der Waals surface area contributed by atoms with Crippen molar-refractivity contribution < 1.29 is 13.2 Å². The Morgan fingerprint density at radius 1 is 1.30 bits per heavy atom. The van der Waals surface area contributed by atoms with Gasteiger partial charge in [-0.1, -0.05) is 13.3 Å². The maximum Gasteiger partial charge on any atom is 0.316 e. The van der Waals surface area contributed by atoms with E-state index in [9.17, 15) is 8.42 Å². The molecule has 0 N–H and O–H groups in total. The highest BCUT2D eigenvalue weighted by Crippen LogP contribution is 2.18. The first-order valence-electron chi connectivity index (χ1n) is 7.03. The number of aromatic nitrogens is 2. The van der Waals surface area contributed by atoms with Crippen LogP contribution in [0.2, 0.25) is 0 Å². The summed E-state index contributed by atoms with van der Waals surface area (Å²) < 4.78 is 31.4. The van der Waals surface area contributed by atoms with Crippen LogP contribution in [0.3, 0.4) is 0 Å². The van der Waals surface area contributed by atoms with Crippen molar-refractivity contribution >= 4 is 10.0 Å². The van der Waals surface area contributed by atoms with E-state index in [1.807, 2.05) is 6.92 Å². The number of piperidine rings is 1. The van der Waals surface area contributed by atoms with Gasteiger partial charge in [0.1, 0.15) is 6.10 Å². The molecule has 0 spiro atoms. The number of unbranched alkanes of at least 4 members (excludes halogenated alkanes) is 1. The molecule has 112 valence electrons. The van der Waals surface area contributed by atoms with Crippen molar-refractivity contribution in [2.45, 2.75) is 38.7 Å². The number of rotatable bonds is 6. The Morgan fingerprint density at radius 2 is 1.95 bits per heavy atom. The number of hydrogen-bond donors (Lipinski definition) is 0. The number of hydrogen-bond acceptors (Lipinski definition) is 5. The minimum atomic E-state index is -3.10. The molecular formula is C13H21N3O3S. The zero-order valence-corrected chi connectivity index (χ0v) is 12.6. The third-order valence-electron chi connectivity index (χ3n) is 3.36. The van der Waals surface area contributed by atoms with E-state index in [1.54, 1.807) is 22.8 Å². The van der Waals surface area contributed by atoms with Gasteiger partial charge in [-0.05, 0) is 25.3 Å². The zero-order chi connectivity index (χ0) is 14.4. The molecule has 1 saturated heterocycles. The lowest BCUT2D eigenvalue weighted by Gasteiger charge is -2.30. The smallest absolute Gasteiger partial charge is 0.316 e. The van der Waals surface area contributed by atoms with Gasteiger partial charge in [0, 0.05) is 25.5 Å². The van der Waals surface area contributed by atoms with Crippen LogP contribution in [0.4, 0.5) is 0 Å². The molecule has 20 heavy (non-hydrogen) atoms. The van der Waals surface area contributed by atoms with E-state index < -0.39 is 10.0 Å². The number of nitrogens with zero attached hydrogens (tertiary/aromatic N) is 3. The predicted molar refractivity (Wildman–Crippen MR) is 75.9 cm³/mol. The van der Waals surface area contributed by atoms with Crippen molar-refractivity contribution in [2.24, 2.45) is 0 Å². The fourth-order valence-corrected chi connectivity index (χ4v) is 3.86. The van der Waals surface area contributed by atoms with Crippen molar-refractivity contribution in [3.8, 4) is 6.01 Å². The van der Waals surface area contributed by atoms with E-state index >= 15 is 0 Å². The van der Waals surface area contributed by atoms with Crippen molar-refractivity contribution in [3.05, 3.63) is 18.5 Å². The summed E-state index contributed by atoms with van der Waals surface area (Å²) in [4.78, 5) is 8.03. The van der Waals surface area contributed by atoms with Crippen LogP contribution in [0.15, 0.2) is 18.5 Å². The molecule has 1 aromatic heterocycles. The third kappa shape index (κ3) is 4.14. The first-order chi connectivity index (χ1) is 9.62. The van der Waals surface area contributed by atoms with Crippen LogP contribution in [0, 0.1) is 0 Å². The summed E-state index contributed by atoms with van der Waals surface area (Å²) in [6.07, 6.45) is 6.24. The fraction of sp³-hybridized carbons (Fsp3) is 0.692. The fourth-order valence-electron chi connectivity index (χ4n) is 2.18. The zero-order valence-electron chi connectivity index (χ0n) is 11.7. The van der Waals surface area contributed by atoms with Crippen LogP contribution >= 0.6 is 0 Å². The van der Waals surface area contributed by atoms with Gasteiger partial charge in [0.05, 0.1) is 5.75 Å². The van der Waals surface area contributed by atoms with Gasteiger partial charge >= 0.3 is 6.01 Å². The highest BCUT2D eigenvalue weighted by molar-refractivity contribution is 7.89. The predicted octanol–water partition coefficient (Wildman–Crippen LogP) is 1.45. The normalized spacial score (nSPS) is 18.1. The van der Waals surface area contributed by atoms with Gasteiger partial charge in [-0.2, -0.15) is 0 Å². The SMILES string of the molecule is CCCCS(=O)(=O)N1CCC(Oc2ncccn2)CC1. The van der Waals surface area contributed by atoms with E-state index in [4.69, 9.17) is 4.74 Å². The Hall–Kier alpha value is -1.21. The lowest BCUT2D eigenvalue weighted by molar-refractivity contribution is 0.124. The van der Waals surface area contributed by atoms with Gasteiger partial charge in [0.25, 0.3) is 0 Å². The van der Waals surface area contributed by atoms with Crippen LogP contribution < -0.4 is 4.74 Å². The second kappa shape index (κ2) is 6.99. The molecule has 0 aliphatic carbocycles. The molecule has 1 aliphatic rings. The van der Waals surface area contributed by atoms with Gasteiger partial charge in [-0.25, -0.2) is 22.7 Å². The number of sulfonamides is 1. The Bertz CT molecular complexity index is 499. The molecule has 0 saturated carbocycles. The molecule has 0 bridgehead atoms. The first-order valence-corrected chi connectivity index (χ1v) is 8.64. The average molecular weight is 299 g/mol. The highest BCUT2D eigenvalue weighted by Gasteiger charge is 2.28. The Kier molecular flexibility index (Phi) is 5.31. The third-order valence-corrected chi connectivity index (χ3v) is 5.32. The van der Waals surface area contributed by atoms with Gasteiger partial charge in [0.2, 0.25) is 10.0 Å². The molecule has 1 aromatic rings. The van der Waals surface area contributed by atoms with Crippen molar-refractivity contribution in [1.82, 2.24) is 14.3 Å². The average Bonchev–Trinajstić information content (AvgIpc) is 2.47. The standard InChI is InChI=1S/C13H21N3O3S/c1-2-3-11-20(17,18)16-9-5-12(6-10-16)19-13-14-7-4-8-15-13/h4,7-8,12H,2-3,5-6,9-11H2,1H3. The summed E-state index contributed by atoms with van der Waals surface area (Å²) in [7, 11) is -3.10. The maximum absolute atomic E-state index is 12.1. The van der Waals surface area contributed by atoms with Crippen LogP contribution in [0.25, 0.3) is 0 Å². The molecule has 7 heteroatoms. The molecule has 2 heterocycles. The lowest BCUT2D eigenvalue weighted by Crippen LogP contribution is -2.42. The number of ether oxygens (including phenoxy) is 1. The largest absolute Gasteiger partial charge is 0.460 e. The Morgan fingerprint density at radius 3 is 2.55 bits per heavy atom. The summed E-state index contributed by atoms with van der Waals surface area (Å²) in [5.41, 5.74) is 0. The summed E-state index contributed by atoms with van der Waals surface area (Å²) in [5.74, 6) is 0.247. The second-order valence-corrected chi connectivity index (χ2v) is 7.01. The van der Waals surface area contributed by atoms with E-state index in [2.05, 4.69) is 9.97 Å². The van der Waals surface area contributed by atoms with Gasteiger partial charge in [-0.15, -0.1) is 0 Å². The minimum Gasteiger partial charge on any atom is -0.460 e. The molecule has 6 nitrogen and oxygen atoms in total. The van der Waals surface area contributed by atoms with Crippen LogP contribution in [0.1, 0.15) is 32.6 Å². The lowest BCUT2D eigenvalue weighted by atomic mass is 10.1. The highest BCUT2D eigenvalue weighted by atomic mass is 32.2. The van der Waals surface area contributed by atoms with E-state index in [1.165, 1.54) is 0 Å². The molecule has 0 radical (unpaired) electrons. The molecular weight excluding hydrogens is 278 g/mol. The quantitative estimate of drug-likeness (QED) is 0.795. The van der Waals surface area contributed by atoms with Crippen LogP contribution in [-0.2, 0) is 10.0 Å². The Labute approximate surface area is 120 Å². The van der Waals surface area contributed by atoms with Crippen LogP contribution in [-0.4, -0.2) is 47.6 Å². The minimum absolute atomic E-state index is 0.00461. The molecule has 0 unspecified atom stereocenters. The molecule has 0 aromatic carbocycles. The van der Waals surface area contributed by atoms with Gasteiger partial charge in [-0.3, -0.25) is 0 Å².